The SMILES string of the molecule is O=C(C(=O)C(F)(F)F)C(F)(F)F.O=C1COc2c(CCNCCN(C(=O)CCNCCc3cccc(Cl)c3Cl)C3CCCCC3)ccc(O)c2N1. The molecule has 51 heavy (non-hydrogen) atoms. The number of anilines is 1. The van der Waals surface area contributed by atoms with Crippen molar-refractivity contribution in [2.75, 3.05) is 44.6 Å². The normalized spacial score (nSPS) is 14.8. The number of carbonyl (C=O) groups is 4. The van der Waals surface area contributed by atoms with Crippen LogP contribution in [0.3, 0.4) is 0 Å². The third-order valence-corrected chi connectivity index (χ3v) is 8.96. The first-order chi connectivity index (χ1) is 24.0. The summed E-state index contributed by atoms with van der Waals surface area (Å²) in [5.74, 6) is -6.38. The number of rotatable bonds is 14. The van der Waals surface area contributed by atoms with Crippen LogP contribution in [0.4, 0.5) is 32.0 Å². The summed E-state index contributed by atoms with van der Waals surface area (Å²) in [5.41, 5.74) is 2.25. The van der Waals surface area contributed by atoms with Gasteiger partial charge in [0.1, 0.15) is 11.4 Å². The summed E-state index contributed by atoms with van der Waals surface area (Å²) in [6, 6.07) is 9.35. The van der Waals surface area contributed by atoms with Crippen molar-refractivity contribution in [3.63, 3.8) is 0 Å². The molecule has 1 aliphatic heterocycles. The molecule has 0 spiro atoms. The number of carbonyl (C=O) groups excluding carboxylic acids is 4. The molecule has 10 nitrogen and oxygen atoms in total. The van der Waals surface area contributed by atoms with E-state index >= 15 is 0 Å². The van der Waals surface area contributed by atoms with Crippen LogP contribution < -0.4 is 20.7 Å². The molecule has 1 heterocycles. The predicted octanol–water partition coefficient (Wildman–Crippen LogP) is 5.79. The van der Waals surface area contributed by atoms with Crippen LogP contribution in [-0.2, 0) is 32.0 Å². The Bertz CT molecular complexity index is 1510. The van der Waals surface area contributed by atoms with Crippen molar-refractivity contribution in [3.05, 3.63) is 51.5 Å². The number of ketones is 2. The molecule has 2 aliphatic rings. The van der Waals surface area contributed by atoms with Gasteiger partial charge in [-0.05, 0) is 62.0 Å². The summed E-state index contributed by atoms with van der Waals surface area (Å²) in [7, 11) is 0. The van der Waals surface area contributed by atoms with Gasteiger partial charge in [-0.1, -0.05) is 60.7 Å². The van der Waals surface area contributed by atoms with Crippen molar-refractivity contribution in [2.45, 2.75) is 69.8 Å². The third-order valence-electron chi connectivity index (χ3n) is 8.11. The molecule has 0 saturated heterocycles. The monoisotopic (exact) mass is 770 g/mol. The number of phenolic OH excluding ortho intramolecular Hbond substituents is 1. The molecule has 2 aromatic rings. The lowest BCUT2D eigenvalue weighted by Gasteiger charge is -2.34. The number of benzene rings is 2. The van der Waals surface area contributed by atoms with Gasteiger partial charge >= 0.3 is 23.9 Å². The fourth-order valence-electron chi connectivity index (χ4n) is 5.55. The molecule has 2 amide bonds. The molecule has 1 aliphatic carbocycles. The molecule has 0 radical (unpaired) electrons. The molecule has 0 aromatic heterocycles. The van der Waals surface area contributed by atoms with Crippen molar-refractivity contribution < 1.29 is 55.4 Å². The second-order valence-electron chi connectivity index (χ2n) is 11.8. The predicted molar refractivity (Wildman–Crippen MR) is 177 cm³/mol. The van der Waals surface area contributed by atoms with E-state index in [0.717, 1.165) is 36.9 Å². The summed E-state index contributed by atoms with van der Waals surface area (Å²) in [6.07, 6.45) is -3.94. The van der Waals surface area contributed by atoms with Crippen molar-refractivity contribution in [3.8, 4) is 11.5 Å². The molecular formula is C33H38Cl2F6N4O6. The number of nitrogens with one attached hydrogen (secondary N) is 3. The van der Waals surface area contributed by atoms with E-state index in [4.69, 9.17) is 27.9 Å². The van der Waals surface area contributed by atoms with E-state index in [1.54, 1.807) is 12.1 Å². The number of aromatic hydroxyl groups is 1. The largest absolute Gasteiger partial charge is 0.506 e. The fraction of sp³-hybridized carbons (Fsp3) is 0.515. The maximum atomic E-state index is 13.2. The van der Waals surface area contributed by atoms with Crippen LogP contribution in [0.5, 0.6) is 11.5 Å². The lowest BCUT2D eigenvalue weighted by Crippen LogP contribution is -2.45. The molecule has 1 fully saturated rings. The molecule has 2 aromatic carbocycles. The zero-order valence-corrected chi connectivity index (χ0v) is 28.8. The average Bonchev–Trinajstić information content (AvgIpc) is 3.08. The number of halogens is 8. The molecular weight excluding hydrogens is 733 g/mol. The molecule has 4 N–H and O–H groups in total. The third kappa shape index (κ3) is 12.8. The highest BCUT2D eigenvalue weighted by molar-refractivity contribution is 6.42. The number of hydrogen-bond acceptors (Lipinski definition) is 8. The van der Waals surface area contributed by atoms with Crippen LogP contribution >= 0.6 is 23.2 Å². The number of hydrogen-bond donors (Lipinski definition) is 4. The van der Waals surface area contributed by atoms with E-state index in [0.29, 0.717) is 66.5 Å². The average molecular weight is 772 g/mol. The Morgan fingerprint density at radius 2 is 1.47 bits per heavy atom. The number of fused-ring (bicyclic) bond motifs is 1. The minimum absolute atomic E-state index is 0.000791. The van der Waals surface area contributed by atoms with Crippen LogP contribution in [0.2, 0.25) is 10.0 Å². The quantitative estimate of drug-likeness (QED) is 0.0820. The summed E-state index contributed by atoms with van der Waals surface area (Å²) < 4.78 is 72.5. The maximum Gasteiger partial charge on any atom is 0.458 e. The van der Waals surface area contributed by atoms with Gasteiger partial charge in [-0.3, -0.25) is 19.2 Å². The van der Waals surface area contributed by atoms with Gasteiger partial charge in [-0.2, -0.15) is 26.3 Å². The van der Waals surface area contributed by atoms with Gasteiger partial charge in [0.05, 0.1) is 10.0 Å². The lowest BCUT2D eigenvalue weighted by molar-refractivity contribution is -0.193. The molecule has 0 unspecified atom stereocenters. The number of alkyl halides is 6. The summed E-state index contributed by atoms with van der Waals surface area (Å²) in [6.45, 7) is 3.35. The van der Waals surface area contributed by atoms with Crippen molar-refractivity contribution in [1.29, 1.82) is 0 Å². The Morgan fingerprint density at radius 3 is 2.10 bits per heavy atom. The number of Topliss-reactive ketones (excluding diaryl/α,β-unsaturated/α-hetero) is 2. The van der Waals surface area contributed by atoms with Gasteiger partial charge in [0.2, 0.25) is 5.91 Å². The Morgan fingerprint density at radius 1 is 0.863 bits per heavy atom. The van der Waals surface area contributed by atoms with E-state index in [1.807, 2.05) is 18.2 Å². The van der Waals surface area contributed by atoms with Gasteiger partial charge in [-0.25, -0.2) is 0 Å². The second kappa shape index (κ2) is 19.3. The zero-order chi connectivity index (χ0) is 37.8. The Balaban J connectivity index is 0.000000501. The zero-order valence-electron chi connectivity index (χ0n) is 27.3. The van der Waals surface area contributed by atoms with Crippen LogP contribution in [0.15, 0.2) is 30.3 Å². The van der Waals surface area contributed by atoms with E-state index in [9.17, 15) is 50.6 Å². The fourth-order valence-corrected chi connectivity index (χ4v) is 5.96. The smallest absolute Gasteiger partial charge is 0.458 e. The first-order valence-electron chi connectivity index (χ1n) is 16.1. The first kappa shape index (κ1) is 41.8. The maximum absolute atomic E-state index is 13.2. The van der Waals surface area contributed by atoms with Crippen LogP contribution in [-0.4, -0.2) is 91.1 Å². The minimum atomic E-state index is -5.77. The van der Waals surface area contributed by atoms with Crippen LogP contribution in [0, 0.1) is 0 Å². The molecule has 282 valence electrons. The highest BCUT2D eigenvalue weighted by Crippen LogP contribution is 2.39. The number of phenols is 1. The first-order valence-corrected chi connectivity index (χ1v) is 16.9. The van der Waals surface area contributed by atoms with E-state index in [2.05, 4.69) is 20.9 Å². The van der Waals surface area contributed by atoms with E-state index < -0.39 is 23.9 Å². The lowest BCUT2D eigenvalue weighted by atomic mass is 9.94. The van der Waals surface area contributed by atoms with Crippen molar-refractivity contribution >= 4 is 52.3 Å². The number of amides is 2. The van der Waals surface area contributed by atoms with Crippen LogP contribution in [0.1, 0.15) is 49.7 Å². The Labute approximate surface area is 300 Å². The van der Waals surface area contributed by atoms with Gasteiger partial charge in [-0.15, -0.1) is 0 Å². The topological polar surface area (TPSA) is 137 Å². The van der Waals surface area contributed by atoms with Gasteiger partial charge in [0.15, 0.2) is 12.4 Å². The molecule has 4 rings (SSSR count). The standard InChI is InChI=1S/C29H38Cl2N4O4.C4F6O2/c30-23-8-4-5-20(27(23)31)11-14-32-16-13-26(38)35(22-6-2-1-3-7-22)18-17-33-15-12-21-9-10-24(36)28-29(21)39-19-25(37)34-28;5-3(6,7)1(11)2(12)4(8,9)10/h4-5,8-10,22,32-33,36H,1-3,6-7,11-19H2,(H,34,37);. The van der Waals surface area contributed by atoms with Gasteiger partial charge in [0, 0.05) is 32.1 Å². The Hall–Kier alpha value is -3.60. The second-order valence-corrected chi connectivity index (χ2v) is 12.6. The summed E-state index contributed by atoms with van der Waals surface area (Å²) in [4.78, 5) is 46.1. The highest BCUT2D eigenvalue weighted by Gasteiger charge is 2.54. The molecule has 18 heteroatoms. The van der Waals surface area contributed by atoms with E-state index in [-0.39, 0.29) is 24.2 Å². The molecule has 0 bridgehead atoms. The summed E-state index contributed by atoms with van der Waals surface area (Å²) in [5, 5.41) is 20.7. The van der Waals surface area contributed by atoms with Crippen molar-refractivity contribution in [1.82, 2.24) is 15.5 Å². The number of nitrogens with zero attached hydrogens (tertiary/aromatic N) is 1. The van der Waals surface area contributed by atoms with Crippen molar-refractivity contribution in [2.24, 2.45) is 0 Å². The highest BCUT2D eigenvalue weighted by atomic mass is 35.5. The van der Waals surface area contributed by atoms with E-state index in [1.165, 1.54) is 19.3 Å². The minimum Gasteiger partial charge on any atom is -0.506 e. The van der Waals surface area contributed by atoms with Gasteiger partial charge < -0.3 is 30.7 Å². The Kier molecular flexibility index (Phi) is 15.8. The number of ether oxygens (including phenoxy) is 1. The van der Waals surface area contributed by atoms with Crippen LogP contribution in [0.25, 0.3) is 0 Å². The molecule has 0 atom stereocenters. The molecule has 1 saturated carbocycles. The van der Waals surface area contributed by atoms with Gasteiger partial charge in [0.25, 0.3) is 5.91 Å². The summed E-state index contributed by atoms with van der Waals surface area (Å²) >= 11 is 12.4.